The normalized spacial score (nSPS) is 16.6. The molecular weight excluding hydrogens is 296 g/mol. The van der Waals surface area contributed by atoms with Crippen LogP contribution in [0.25, 0.3) is 0 Å². The third-order valence-electron chi connectivity index (χ3n) is 3.07. The van der Waals surface area contributed by atoms with Crippen molar-refractivity contribution in [2.75, 3.05) is 37.8 Å². The Bertz CT molecular complexity index is 383. The van der Waals surface area contributed by atoms with E-state index in [1.165, 1.54) is 11.8 Å². The summed E-state index contributed by atoms with van der Waals surface area (Å²) in [4.78, 5) is 36.2. The van der Waals surface area contributed by atoms with Crippen molar-refractivity contribution in [1.82, 2.24) is 10.2 Å². The Morgan fingerprint density at radius 3 is 2.38 bits per heavy atom. The molecule has 0 aromatic carbocycles. The van der Waals surface area contributed by atoms with Crippen LogP contribution in [0.5, 0.6) is 0 Å². The van der Waals surface area contributed by atoms with Gasteiger partial charge in [0.2, 0.25) is 11.8 Å². The molecule has 1 rings (SSSR count). The van der Waals surface area contributed by atoms with Crippen molar-refractivity contribution in [2.24, 2.45) is 5.92 Å². The van der Waals surface area contributed by atoms with Crippen molar-refractivity contribution in [3.8, 4) is 0 Å². The Labute approximate surface area is 128 Å². The van der Waals surface area contributed by atoms with Gasteiger partial charge in [-0.25, -0.2) is 4.79 Å². The Hall–Kier alpha value is -1.28. The van der Waals surface area contributed by atoms with Gasteiger partial charge in [-0.05, 0) is 5.92 Å². The second-order valence-electron chi connectivity index (χ2n) is 5.11. The van der Waals surface area contributed by atoms with Gasteiger partial charge in [0.1, 0.15) is 6.04 Å². The fourth-order valence-corrected chi connectivity index (χ4v) is 2.59. The summed E-state index contributed by atoms with van der Waals surface area (Å²) in [5.74, 6) is -1.33. The van der Waals surface area contributed by atoms with Gasteiger partial charge in [0, 0.05) is 13.1 Å². The first kappa shape index (κ1) is 17.8. The molecule has 1 aliphatic rings. The molecule has 120 valence electrons. The molecule has 1 aliphatic heterocycles. The van der Waals surface area contributed by atoms with Crippen LogP contribution in [0.4, 0.5) is 0 Å². The van der Waals surface area contributed by atoms with Crippen molar-refractivity contribution in [3.05, 3.63) is 0 Å². The van der Waals surface area contributed by atoms with Gasteiger partial charge in [0.05, 0.1) is 24.7 Å². The molecule has 1 atom stereocenters. The number of rotatable bonds is 7. The van der Waals surface area contributed by atoms with Gasteiger partial charge in [-0.1, -0.05) is 13.8 Å². The Morgan fingerprint density at radius 1 is 1.24 bits per heavy atom. The van der Waals surface area contributed by atoms with Gasteiger partial charge in [0.25, 0.3) is 0 Å². The molecule has 7 nitrogen and oxygen atoms in total. The lowest BCUT2D eigenvalue weighted by molar-refractivity contribution is -0.142. The highest BCUT2D eigenvalue weighted by atomic mass is 32.2. The third-order valence-corrected chi connectivity index (χ3v) is 3.99. The summed E-state index contributed by atoms with van der Waals surface area (Å²) in [6.07, 6.45) is 0. The largest absolute Gasteiger partial charge is 0.480 e. The van der Waals surface area contributed by atoms with Crippen LogP contribution in [0.3, 0.4) is 0 Å². The van der Waals surface area contributed by atoms with Crippen LogP contribution < -0.4 is 5.32 Å². The number of nitrogens with one attached hydrogen (secondary N) is 1. The summed E-state index contributed by atoms with van der Waals surface area (Å²) < 4.78 is 5.16. The highest BCUT2D eigenvalue weighted by Crippen LogP contribution is 2.06. The van der Waals surface area contributed by atoms with Gasteiger partial charge in [-0.15, -0.1) is 11.8 Å². The van der Waals surface area contributed by atoms with E-state index in [-0.39, 0.29) is 29.2 Å². The molecule has 0 spiro atoms. The van der Waals surface area contributed by atoms with E-state index >= 15 is 0 Å². The SMILES string of the molecule is CC(C)C(NC(=O)CSCC(=O)N1CCOCC1)C(=O)O. The van der Waals surface area contributed by atoms with Crippen molar-refractivity contribution in [1.29, 1.82) is 0 Å². The molecule has 1 fully saturated rings. The summed E-state index contributed by atoms with van der Waals surface area (Å²) in [6.45, 7) is 5.72. The van der Waals surface area contributed by atoms with E-state index in [0.29, 0.717) is 26.3 Å². The zero-order valence-electron chi connectivity index (χ0n) is 12.3. The van der Waals surface area contributed by atoms with Crippen LogP contribution in [0, 0.1) is 5.92 Å². The molecule has 8 heteroatoms. The van der Waals surface area contributed by atoms with Crippen LogP contribution >= 0.6 is 11.8 Å². The number of carboxylic acids is 1. The first-order chi connectivity index (χ1) is 9.91. The van der Waals surface area contributed by atoms with Crippen LogP contribution in [0.15, 0.2) is 0 Å². The average Bonchev–Trinajstić information content (AvgIpc) is 2.45. The lowest BCUT2D eigenvalue weighted by Crippen LogP contribution is -2.45. The summed E-state index contributed by atoms with van der Waals surface area (Å²) in [5.41, 5.74) is 0. The first-order valence-electron chi connectivity index (χ1n) is 6.87. The molecule has 1 heterocycles. The molecule has 1 unspecified atom stereocenters. The van der Waals surface area contributed by atoms with Crippen molar-refractivity contribution >= 4 is 29.5 Å². The predicted molar refractivity (Wildman–Crippen MR) is 79.1 cm³/mol. The van der Waals surface area contributed by atoms with E-state index in [1.807, 2.05) is 0 Å². The number of morpholine rings is 1. The zero-order chi connectivity index (χ0) is 15.8. The molecular formula is C13H22N2O5S. The summed E-state index contributed by atoms with van der Waals surface area (Å²) in [6, 6.07) is -0.895. The van der Waals surface area contributed by atoms with E-state index in [4.69, 9.17) is 9.84 Å². The summed E-state index contributed by atoms with van der Waals surface area (Å²) >= 11 is 1.19. The minimum Gasteiger partial charge on any atom is -0.480 e. The molecule has 0 saturated carbocycles. The molecule has 0 radical (unpaired) electrons. The molecule has 1 saturated heterocycles. The monoisotopic (exact) mass is 318 g/mol. The van der Waals surface area contributed by atoms with Crippen LogP contribution in [0.1, 0.15) is 13.8 Å². The second-order valence-corrected chi connectivity index (χ2v) is 6.10. The number of thioether (sulfide) groups is 1. The highest BCUT2D eigenvalue weighted by Gasteiger charge is 2.23. The Morgan fingerprint density at radius 2 is 1.86 bits per heavy atom. The number of carbonyl (C=O) groups excluding carboxylic acids is 2. The van der Waals surface area contributed by atoms with Crippen LogP contribution in [-0.4, -0.2) is 71.6 Å². The standard InChI is InChI=1S/C13H22N2O5S/c1-9(2)12(13(18)19)14-10(16)7-21-8-11(17)15-3-5-20-6-4-15/h9,12H,3-8H2,1-2H3,(H,14,16)(H,18,19). The Kier molecular flexibility index (Phi) is 7.52. The minimum absolute atomic E-state index is 0.0188. The number of hydrogen-bond donors (Lipinski definition) is 2. The maximum atomic E-state index is 11.8. The number of amides is 2. The summed E-state index contributed by atoms with van der Waals surface area (Å²) in [5, 5.41) is 11.4. The van der Waals surface area contributed by atoms with Crippen LogP contribution in [0.2, 0.25) is 0 Å². The van der Waals surface area contributed by atoms with Gasteiger partial charge >= 0.3 is 5.97 Å². The van der Waals surface area contributed by atoms with Gasteiger partial charge in [0.15, 0.2) is 0 Å². The fourth-order valence-electron chi connectivity index (χ4n) is 1.86. The van der Waals surface area contributed by atoms with Gasteiger partial charge in [-0.3, -0.25) is 9.59 Å². The van der Waals surface area contributed by atoms with Gasteiger partial charge < -0.3 is 20.1 Å². The van der Waals surface area contributed by atoms with Crippen molar-refractivity contribution in [2.45, 2.75) is 19.9 Å². The van der Waals surface area contributed by atoms with Crippen molar-refractivity contribution in [3.63, 3.8) is 0 Å². The first-order valence-corrected chi connectivity index (χ1v) is 8.02. The van der Waals surface area contributed by atoms with Crippen molar-refractivity contribution < 1.29 is 24.2 Å². The smallest absolute Gasteiger partial charge is 0.326 e. The lowest BCUT2D eigenvalue weighted by Gasteiger charge is -2.26. The number of aliphatic carboxylic acids is 1. The predicted octanol–water partition coefficient (Wildman–Crippen LogP) is -0.196. The maximum absolute atomic E-state index is 11.8. The number of nitrogens with zero attached hydrogens (tertiary/aromatic N) is 1. The topological polar surface area (TPSA) is 95.9 Å². The molecule has 0 bridgehead atoms. The number of ether oxygens (including phenoxy) is 1. The van der Waals surface area contributed by atoms with E-state index in [0.717, 1.165) is 0 Å². The van der Waals surface area contributed by atoms with E-state index in [2.05, 4.69) is 5.32 Å². The van der Waals surface area contributed by atoms with E-state index < -0.39 is 12.0 Å². The Balaban J connectivity index is 2.26. The van der Waals surface area contributed by atoms with Gasteiger partial charge in [-0.2, -0.15) is 0 Å². The fraction of sp³-hybridized carbons (Fsp3) is 0.769. The molecule has 2 amide bonds. The zero-order valence-corrected chi connectivity index (χ0v) is 13.1. The molecule has 0 aromatic heterocycles. The third kappa shape index (κ3) is 6.34. The molecule has 21 heavy (non-hydrogen) atoms. The maximum Gasteiger partial charge on any atom is 0.326 e. The minimum atomic E-state index is -1.05. The second kappa shape index (κ2) is 8.89. The van der Waals surface area contributed by atoms with E-state index in [9.17, 15) is 14.4 Å². The highest BCUT2D eigenvalue weighted by molar-refractivity contribution is 8.00. The molecule has 2 N–H and O–H groups in total. The van der Waals surface area contributed by atoms with E-state index in [1.54, 1.807) is 18.7 Å². The number of carbonyl (C=O) groups is 3. The lowest BCUT2D eigenvalue weighted by atomic mass is 10.1. The quantitative estimate of drug-likeness (QED) is 0.675. The number of carboxylic acid groups (broad SMARTS) is 1. The molecule has 0 aliphatic carbocycles. The average molecular weight is 318 g/mol. The number of hydrogen-bond acceptors (Lipinski definition) is 5. The van der Waals surface area contributed by atoms with Crippen LogP contribution in [-0.2, 0) is 19.1 Å². The molecule has 0 aromatic rings. The summed E-state index contributed by atoms with van der Waals surface area (Å²) in [7, 11) is 0.